The van der Waals surface area contributed by atoms with Gasteiger partial charge in [-0.15, -0.1) is 0 Å². The van der Waals surface area contributed by atoms with E-state index in [-0.39, 0.29) is 0 Å². The molecule has 0 unspecified atom stereocenters. The molecule has 0 aliphatic rings. The summed E-state index contributed by atoms with van der Waals surface area (Å²) in [6, 6.07) is 44.7. The molecule has 0 fully saturated rings. The Labute approximate surface area is 235 Å². The number of rotatable bonds is 2. The minimum absolute atomic E-state index is 0.728. The second kappa shape index (κ2) is 8.48. The Morgan fingerprint density at radius 2 is 1.12 bits per heavy atom. The number of benzene rings is 7. The molecule has 2 heterocycles. The summed E-state index contributed by atoms with van der Waals surface area (Å²) in [4.78, 5) is 9.63. The Balaban J connectivity index is 1.32. The van der Waals surface area contributed by atoms with Crippen LogP contribution in [0.25, 0.3) is 87.7 Å². The normalized spacial score (nSPS) is 11.9. The highest BCUT2D eigenvalue weighted by Crippen LogP contribution is 2.43. The third-order valence-electron chi connectivity index (χ3n) is 8.31. The summed E-state index contributed by atoms with van der Waals surface area (Å²) in [5.74, 6) is 0.728. The van der Waals surface area contributed by atoms with Crippen molar-refractivity contribution >= 4 is 65.2 Å². The van der Waals surface area contributed by atoms with Crippen LogP contribution in [0.5, 0.6) is 0 Å². The average Bonchev–Trinajstić information content (AvgIpc) is 3.43. The number of hydrogen-bond donors (Lipinski definition) is 0. The largest absolute Gasteiger partial charge is 0.455 e. The van der Waals surface area contributed by atoms with Crippen LogP contribution in [0.3, 0.4) is 0 Å². The highest BCUT2D eigenvalue weighted by Gasteiger charge is 2.18. The molecule has 3 nitrogen and oxygen atoms in total. The topological polar surface area (TPSA) is 38.9 Å². The number of para-hydroxylation sites is 2. The van der Waals surface area contributed by atoms with Crippen molar-refractivity contribution in [1.29, 1.82) is 0 Å². The van der Waals surface area contributed by atoms with Gasteiger partial charge < -0.3 is 4.42 Å². The Hall–Kier alpha value is -5.54. The van der Waals surface area contributed by atoms with Gasteiger partial charge in [-0.05, 0) is 50.7 Å². The van der Waals surface area contributed by atoms with Gasteiger partial charge in [0.1, 0.15) is 11.2 Å². The van der Waals surface area contributed by atoms with Crippen LogP contribution in [0.15, 0.2) is 138 Å². The first kappa shape index (κ1) is 22.3. The minimum Gasteiger partial charge on any atom is -0.455 e. The molecule has 9 aromatic rings. The van der Waals surface area contributed by atoms with Crippen LogP contribution < -0.4 is 0 Å². The van der Waals surface area contributed by atoms with Crippen LogP contribution in [0, 0.1) is 0 Å². The molecule has 190 valence electrons. The molecule has 0 atom stereocenters. The summed E-state index contributed by atoms with van der Waals surface area (Å²) in [5, 5.41) is 10.5. The second-order valence-corrected chi connectivity index (χ2v) is 10.6. The predicted molar refractivity (Wildman–Crippen MR) is 170 cm³/mol. The Morgan fingerprint density at radius 3 is 2.02 bits per heavy atom. The van der Waals surface area contributed by atoms with E-state index in [0.29, 0.717) is 0 Å². The van der Waals surface area contributed by atoms with E-state index < -0.39 is 0 Å². The smallest absolute Gasteiger partial charge is 0.160 e. The molecule has 0 spiro atoms. The highest BCUT2D eigenvalue weighted by atomic mass is 16.3. The molecule has 0 aliphatic carbocycles. The molecule has 9 rings (SSSR count). The standard InChI is InChI=1S/C38H22N2O/c1-3-10-26-23(8-1)16-17-24-18-21-34-36(35(24)26)32-14-7-13-30(37(32)41-34)29-19-20-31(28-12-5-4-11-27(28)29)38-39-22-25-9-2-6-15-33(25)40-38/h1-22H. The van der Waals surface area contributed by atoms with Crippen LogP contribution >= 0.6 is 0 Å². The summed E-state index contributed by atoms with van der Waals surface area (Å²) in [7, 11) is 0. The molecular formula is C38H22N2O. The Morgan fingerprint density at radius 1 is 0.439 bits per heavy atom. The number of nitrogens with zero attached hydrogens (tertiary/aromatic N) is 2. The van der Waals surface area contributed by atoms with Crippen LogP contribution in [-0.4, -0.2) is 9.97 Å². The molecule has 0 bridgehead atoms. The fourth-order valence-corrected chi connectivity index (χ4v) is 6.43. The fourth-order valence-electron chi connectivity index (χ4n) is 6.43. The Bertz CT molecular complexity index is 2490. The zero-order valence-electron chi connectivity index (χ0n) is 22.0. The molecule has 41 heavy (non-hydrogen) atoms. The van der Waals surface area contributed by atoms with Crippen molar-refractivity contribution in [3.05, 3.63) is 134 Å². The van der Waals surface area contributed by atoms with Crippen LogP contribution in [0.4, 0.5) is 0 Å². The van der Waals surface area contributed by atoms with E-state index in [0.717, 1.165) is 60.7 Å². The van der Waals surface area contributed by atoms with Gasteiger partial charge in [-0.25, -0.2) is 9.97 Å². The lowest BCUT2D eigenvalue weighted by Crippen LogP contribution is -1.92. The van der Waals surface area contributed by atoms with Gasteiger partial charge in [0, 0.05) is 38.9 Å². The van der Waals surface area contributed by atoms with E-state index in [1.165, 1.54) is 26.9 Å². The molecule has 0 aliphatic heterocycles. The lowest BCUT2D eigenvalue weighted by atomic mass is 9.93. The van der Waals surface area contributed by atoms with Crippen molar-refractivity contribution in [1.82, 2.24) is 9.97 Å². The first-order valence-electron chi connectivity index (χ1n) is 13.8. The number of aromatic nitrogens is 2. The molecular weight excluding hydrogens is 500 g/mol. The zero-order chi connectivity index (χ0) is 26.9. The molecule has 0 saturated carbocycles. The van der Waals surface area contributed by atoms with Crippen LogP contribution in [0.1, 0.15) is 0 Å². The van der Waals surface area contributed by atoms with Gasteiger partial charge in [0.25, 0.3) is 0 Å². The first-order valence-corrected chi connectivity index (χ1v) is 13.8. The first-order chi connectivity index (χ1) is 20.3. The maximum Gasteiger partial charge on any atom is 0.160 e. The van der Waals surface area contributed by atoms with E-state index in [4.69, 9.17) is 14.4 Å². The maximum atomic E-state index is 6.68. The second-order valence-electron chi connectivity index (χ2n) is 10.6. The summed E-state index contributed by atoms with van der Waals surface area (Å²) in [5.41, 5.74) is 5.98. The minimum atomic E-state index is 0.728. The van der Waals surface area contributed by atoms with Crippen molar-refractivity contribution in [3.8, 4) is 22.5 Å². The lowest BCUT2D eigenvalue weighted by Gasteiger charge is -2.12. The number of hydrogen-bond acceptors (Lipinski definition) is 3. The van der Waals surface area contributed by atoms with Crippen molar-refractivity contribution < 1.29 is 4.42 Å². The lowest BCUT2D eigenvalue weighted by molar-refractivity contribution is 0.670. The van der Waals surface area contributed by atoms with Gasteiger partial charge in [0.15, 0.2) is 5.82 Å². The van der Waals surface area contributed by atoms with Gasteiger partial charge in [0.05, 0.1) is 5.52 Å². The fraction of sp³-hybridized carbons (Fsp3) is 0. The van der Waals surface area contributed by atoms with E-state index >= 15 is 0 Å². The van der Waals surface area contributed by atoms with E-state index in [2.05, 4.69) is 103 Å². The monoisotopic (exact) mass is 522 g/mol. The van der Waals surface area contributed by atoms with E-state index in [1.807, 2.05) is 30.5 Å². The molecule has 0 N–H and O–H groups in total. The predicted octanol–water partition coefficient (Wildman–Crippen LogP) is 10.3. The van der Waals surface area contributed by atoms with Crippen molar-refractivity contribution in [2.24, 2.45) is 0 Å². The molecule has 3 heteroatoms. The summed E-state index contributed by atoms with van der Waals surface area (Å²) < 4.78 is 6.68. The van der Waals surface area contributed by atoms with E-state index in [1.54, 1.807) is 0 Å². The van der Waals surface area contributed by atoms with Gasteiger partial charge in [-0.2, -0.15) is 0 Å². The van der Waals surface area contributed by atoms with Gasteiger partial charge in [0.2, 0.25) is 0 Å². The third kappa shape index (κ3) is 3.26. The highest BCUT2D eigenvalue weighted by molar-refractivity contribution is 6.28. The SMILES string of the molecule is c1ccc2nc(-c3ccc(-c4cccc5c4oc4ccc6ccc7ccccc7c6c45)c4ccccc34)ncc2c1. The Kier molecular flexibility index (Phi) is 4.61. The van der Waals surface area contributed by atoms with Gasteiger partial charge in [-0.1, -0.05) is 109 Å². The maximum absolute atomic E-state index is 6.68. The molecule has 0 saturated heterocycles. The van der Waals surface area contributed by atoms with Crippen LogP contribution in [0.2, 0.25) is 0 Å². The summed E-state index contributed by atoms with van der Waals surface area (Å²) >= 11 is 0. The van der Waals surface area contributed by atoms with Crippen LogP contribution in [-0.2, 0) is 0 Å². The average molecular weight is 523 g/mol. The third-order valence-corrected chi connectivity index (χ3v) is 8.31. The van der Waals surface area contributed by atoms with Gasteiger partial charge in [-0.3, -0.25) is 0 Å². The molecule has 7 aromatic carbocycles. The van der Waals surface area contributed by atoms with Crippen molar-refractivity contribution in [2.75, 3.05) is 0 Å². The van der Waals surface area contributed by atoms with Crippen molar-refractivity contribution in [3.63, 3.8) is 0 Å². The van der Waals surface area contributed by atoms with E-state index in [9.17, 15) is 0 Å². The molecule has 2 aromatic heterocycles. The summed E-state index contributed by atoms with van der Waals surface area (Å²) in [6.45, 7) is 0. The number of fused-ring (bicyclic) bond motifs is 9. The van der Waals surface area contributed by atoms with Gasteiger partial charge >= 0.3 is 0 Å². The quantitative estimate of drug-likeness (QED) is 0.212. The number of furan rings is 1. The summed E-state index contributed by atoms with van der Waals surface area (Å²) in [6.07, 6.45) is 1.91. The molecule has 0 amide bonds. The molecule has 0 radical (unpaired) electrons. The van der Waals surface area contributed by atoms with Crippen molar-refractivity contribution in [2.45, 2.75) is 0 Å². The zero-order valence-corrected chi connectivity index (χ0v) is 22.0.